The van der Waals surface area contributed by atoms with Crippen molar-refractivity contribution in [2.24, 2.45) is 0 Å². The van der Waals surface area contributed by atoms with Crippen molar-refractivity contribution in [1.82, 2.24) is 4.90 Å². The third kappa shape index (κ3) is 31.7. The molecule has 0 heterocycles. The minimum absolute atomic E-state index is 0.00497. The molecule has 0 aliphatic carbocycles. The molecule has 0 amide bonds. The van der Waals surface area contributed by atoms with Crippen molar-refractivity contribution in [3.63, 3.8) is 0 Å². The van der Waals surface area contributed by atoms with E-state index in [1.54, 1.807) is 0 Å². The lowest BCUT2D eigenvalue weighted by Crippen LogP contribution is -2.37. The molecule has 0 unspecified atom stereocenters. The Balaban J connectivity index is -0.000000716. The Morgan fingerprint density at radius 1 is 0.621 bits per heavy atom. The highest BCUT2D eigenvalue weighted by molar-refractivity contribution is 5.82. The number of unbranched alkanes of at least 4 members (excludes halogenated alkanes) is 8. The number of hydrogen-bond donors (Lipinski definition) is 0. The molecule has 0 saturated carbocycles. The van der Waals surface area contributed by atoms with Crippen LogP contribution in [0.25, 0.3) is 0 Å². The number of esters is 1. The number of carbonyl (C=O) groups excluding carboxylic acids is 3. The van der Waals surface area contributed by atoms with Crippen molar-refractivity contribution in [1.29, 1.82) is 0 Å². The second-order valence-corrected chi connectivity index (χ2v) is 7.24. The van der Waals surface area contributed by atoms with Gasteiger partial charge in [0.2, 0.25) is 0 Å². The molecule has 5 nitrogen and oxygen atoms in total. The van der Waals surface area contributed by atoms with E-state index in [0.717, 1.165) is 12.8 Å². The molecule has 0 atom stereocenters. The molecular weight excluding hydrogens is 366 g/mol. The Bertz CT molecular complexity index is 363. The van der Waals surface area contributed by atoms with Crippen LogP contribution in [0, 0.1) is 0 Å². The van der Waals surface area contributed by atoms with E-state index < -0.39 is 0 Å². The van der Waals surface area contributed by atoms with Gasteiger partial charge in [0, 0.05) is 0 Å². The zero-order valence-corrected chi connectivity index (χ0v) is 20.5. The minimum atomic E-state index is -0.369. The monoisotopic (exact) mass is 415 g/mol. The molecule has 0 fully saturated rings. The van der Waals surface area contributed by atoms with Gasteiger partial charge in [-0.15, -0.1) is 0 Å². The van der Waals surface area contributed by atoms with Crippen LogP contribution in [0.2, 0.25) is 0 Å². The molecule has 5 heteroatoms. The summed E-state index contributed by atoms with van der Waals surface area (Å²) in [5.41, 5.74) is 0. The first kappa shape index (κ1) is 32.4. The molecule has 0 radical (unpaired) electrons. The molecule has 0 rings (SSSR count). The van der Waals surface area contributed by atoms with Gasteiger partial charge in [-0.2, -0.15) is 0 Å². The van der Waals surface area contributed by atoms with Gasteiger partial charge in [-0.3, -0.25) is 19.3 Å². The Morgan fingerprint density at radius 2 is 1.00 bits per heavy atom. The number of ether oxygens (including phenoxy) is 1. The van der Waals surface area contributed by atoms with E-state index in [4.69, 9.17) is 4.74 Å². The molecule has 0 bridgehead atoms. The number of hydrogen-bond acceptors (Lipinski definition) is 5. The number of ketones is 2. The number of rotatable bonds is 16. The summed E-state index contributed by atoms with van der Waals surface area (Å²) in [6.45, 7) is 14.1. The smallest absolute Gasteiger partial charge is 0.320 e. The van der Waals surface area contributed by atoms with Crippen LogP contribution in [0.4, 0.5) is 0 Å². The van der Waals surface area contributed by atoms with Crippen LogP contribution < -0.4 is 0 Å². The lowest BCUT2D eigenvalue weighted by Gasteiger charge is -2.18. The first-order valence-corrected chi connectivity index (χ1v) is 11.7. The zero-order valence-electron chi connectivity index (χ0n) is 20.5. The van der Waals surface area contributed by atoms with Crippen LogP contribution in [-0.4, -0.2) is 48.7 Å². The summed E-state index contributed by atoms with van der Waals surface area (Å²) in [4.78, 5) is 35.4. The van der Waals surface area contributed by atoms with Gasteiger partial charge >= 0.3 is 5.97 Å². The summed E-state index contributed by atoms with van der Waals surface area (Å²) in [6, 6.07) is 0. The predicted molar refractivity (Wildman–Crippen MR) is 123 cm³/mol. The van der Waals surface area contributed by atoms with Gasteiger partial charge in [-0.1, -0.05) is 92.4 Å². The van der Waals surface area contributed by atoms with Gasteiger partial charge < -0.3 is 4.74 Å². The molecule has 29 heavy (non-hydrogen) atoms. The van der Waals surface area contributed by atoms with E-state index >= 15 is 0 Å². The van der Waals surface area contributed by atoms with Crippen LogP contribution in [0.15, 0.2) is 0 Å². The molecule has 0 aliphatic rings. The summed E-state index contributed by atoms with van der Waals surface area (Å²) in [7, 11) is 0. The highest BCUT2D eigenvalue weighted by Gasteiger charge is 2.15. The maximum Gasteiger partial charge on any atom is 0.320 e. The molecular formula is C24H49NO4. The minimum Gasteiger partial charge on any atom is -0.465 e. The molecule has 174 valence electrons. The van der Waals surface area contributed by atoms with Gasteiger partial charge in [0.05, 0.1) is 26.2 Å². The SMILES string of the molecule is CC.CCCCCC.CCCCCCCCOC(=O)CN(CC(C)=O)CC(C)=O. The molecule has 0 spiro atoms. The maximum atomic E-state index is 11.7. The van der Waals surface area contributed by atoms with Gasteiger partial charge in [-0.25, -0.2) is 0 Å². The lowest BCUT2D eigenvalue weighted by molar-refractivity contribution is -0.145. The first-order valence-electron chi connectivity index (χ1n) is 11.7. The molecule has 0 aromatic heterocycles. The van der Waals surface area contributed by atoms with Gasteiger partial charge in [-0.05, 0) is 20.3 Å². The van der Waals surface area contributed by atoms with Gasteiger partial charge in [0.25, 0.3) is 0 Å². The summed E-state index contributed by atoms with van der Waals surface area (Å²) in [5, 5.41) is 0. The second-order valence-electron chi connectivity index (χ2n) is 7.24. The molecule has 0 saturated heterocycles. The fourth-order valence-electron chi connectivity index (χ4n) is 2.59. The quantitative estimate of drug-likeness (QED) is 0.229. The normalized spacial score (nSPS) is 9.79. The Hall–Kier alpha value is -1.23. The summed E-state index contributed by atoms with van der Waals surface area (Å²) >= 11 is 0. The Kier molecular flexibility index (Phi) is 29.9. The average Bonchev–Trinajstić information content (AvgIpc) is 2.66. The Labute approximate surface area is 181 Å². The van der Waals surface area contributed by atoms with Crippen molar-refractivity contribution in [3.8, 4) is 0 Å². The van der Waals surface area contributed by atoms with Gasteiger partial charge in [0.1, 0.15) is 11.6 Å². The summed E-state index contributed by atoms with van der Waals surface area (Å²) in [6.07, 6.45) is 12.4. The molecule has 0 aromatic rings. The van der Waals surface area contributed by atoms with Crippen molar-refractivity contribution in [2.75, 3.05) is 26.2 Å². The van der Waals surface area contributed by atoms with Crippen molar-refractivity contribution >= 4 is 17.5 Å². The first-order chi connectivity index (χ1) is 13.9. The third-order valence-electron chi connectivity index (χ3n) is 3.96. The molecule has 0 aliphatic heterocycles. The standard InChI is InChI=1S/C16H29NO4.C6H14.C2H6/c1-4-5-6-7-8-9-10-21-16(20)13-17(11-14(2)18)12-15(3)19;1-3-5-6-4-2;1-2/h4-13H2,1-3H3;3-6H2,1-2H3;1-2H3. The fourth-order valence-corrected chi connectivity index (χ4v) is 2.59. The fraction of sp³-hybridized carbons (Fsp3) is 0.875. The number of nitrogens with zero attached hydrogens (tertiary/aromatic N) is 1. The highest BCUT2D eigenvalue weighted by atomic mass is 16.5. The zero-order chi connectivity index (χ0) is 22.9. The second kappa shape index (κ2) is 26.8. The van der Waals surface area contributed by atoms with E-state index in [0.29, 0.717) is 6.61 Å². The van der Waals surface area contributed by atoms with Crippen LogP contribution in [-0.2, 0) is 19.1 Å². The van der Waals surface area contributed by atoms with Crippen LogP contribution in [0.3, 0.4) is 0 Å². The van der Waals surface area contributed by atoms with Crippen molar-refractivity contribution in [2.45, 2.75) is 113 Å². The van der Waals surface area contributed by atoms with Crippen LogP contribution >= 0.6 is 0 Å². The largest absolute Gasteiger partial charge is 0.465 e. The van der Waals surface area contributed by atoms with E-state index in [9.17, 15) is 14.4 Å². The third-order valence-corrected chi connectivity index (χ3v) is 3.96. The lowest BCUT2D eigenvalue weighted by atomic mass is 10.1. The average molecular weight is 416 g/mol. The number of carbonyl (C=O) groups is 3. The highest BCUT2D eigenvalue weighted by Crippen LogP contribution is 2.05. The maximum absolute atomic E-state index is 11.7. The van der Waals surface area contributed by atoms with E-state index in [-0.39, 0.29) is 37.2 Å². The van der Waals surface area contributed by atoms with Crippen LogP contribution in [0.5, 0.6) is 0 Å². The summed E-state index contributed by atoms with van der Waals surface area (Å²) in [5.74, 6) is -0.508. The predicted octanol–water partition coefficient (Wildman–Crippen LogP) is 5.98. The van der Waals surface area contributed by atoms with Gasteiger partial charge in [0.15, 0.2) is 0 Å². The molecule has 0 N–H and O–H groups in total. The van der Waals surface area contributed by atoms with Crippen LogP contribution in [0.1, 0.15) is 113 Å². The number of Topliss-reactive ketones (excluding diaryl/α,β-unsaturated/α-hetero) is 2. The van der Waals surface area contributed by atoms with E-state index in [1.165, 1.54) is 70.1 Å². The Morgan fingerprint density at radius 3 is 1.41 bits per heavy atom. The summed E-state index contributed by atoms with van der Waals surface area (Å²) < 4.78 is 5.14. The molecule has 0 aromatic carbocycles. The van der Waals surface area contributed by atoms with Crippen molar-refractivity contribution in [3.05, 3.63) is 0 Å². The van der Waals surface area contributed by atoms with E-state index in [1.807, 2.05) is 13.8 Å². The topological polar surface area (TPSA) is 63.7 Å². The van der Waals surface area contributed by atoms with E-state index in [2.05, 4.69) is 20.8 Å². The van der Waals surface area contributed by atoms with Crippen molar-refractivity contribution < 1.29 is 19.1 Å².